The van der Waals surface area contributed by atoms with Gasteiger partial charge in [-0.2, -0.15) is 0 Å². The zero-order chi connectivity index (χ0) is 7.98. The van der Waals surface area contributed by atoms with E-state index in [2.05, 4.69) is 27.8 Å². The molecule has 0 amide bonds. The Labute approximate surface area is 70.3 Å². The van der Waals surface area contributed by atoms with Crippen LogP contribution < -0.4 is 5.73 Å². The zero-order valence-corrected chi connectivity index (χ0v) is 7.98. The molecular formula is C7H13BrN2. The van der Waals surface area contributed by atoms with E-state index in [0.717, 1.165) is 23.0 Å². The van der Waals surface area contributed by atoms with Gasteiger partial charge in [0.15, 0.2) is 0 Å². The fourth-order valence-corrected chi connectivity index (χ4v) is 0.988. The molecule has 0 saturated heterocycles. The third-order valence-corrected chi connectivity index (χ3v) is 1.78. The van der Waals surface area contributed by atoms with Gasteiger partial charge in [0.05, 0.1) is 4.48 Å². The molecule has 0 spiro atoms. The van der Waals surface area contributed by atoms with Crippen molar-refractivity contribution in [2.24, 2.45) is 10.7 Å². The Morgan fingerprint density at radius 3 is 2.70 bits per heavy atom. The van der Waals surface area contributed by atoms with Crippen LogP contribution in [0.2, 0.25) is 0 Å². The maximum atomic E-state index is 5.66. The molecule has 0 unspecified atom stereocenters. The van der Waals surface area contributed by atoms with Gasteiger partial charge in [0.1, 0.15) is 0 Å². The van der Waals surface area contributed by atoms with Gasteiger partial charge in [-0.3, -0.25) is 4.99 Å². The van der Waals surface area contributed by atoms with Crippen LogP contribution in [0.25, 0.3) is 0 Å². The molecule has 0 radical (unpaired) electrons. The van der Waals surface area contributed by atoms with Crippen molar-refractivity contribution in [2.45, 2.75) is 19.8 Å². The van der Waals surface area contributed by atoms with Crippen molar-refractivity contribution in [1.29, 1.82) is 0 Å². The first-order valence-electron chi connectivity index (χ1n) is 3.28. The minimum absolute atomic E-state index is 0.869. The number of hydrogen-bond donors (Lipinski definition) is 1. The van der Waals surface area contributed by atoms with Gasteiger partial charge in [-0.15, -0.1) is 0 Å². The topological polar surface area (TPSA) is 38.4 Å². The van der Waals surface area contributed by atoms with E-state index in [4.69, 9.17) is 5.73 Å². The summed E-state index contributed by atoms with van der Waals surface area (Å²) in [5, 5.41) is 0. The first-order valence-corrected chi connectivity index (χ1v) is 4.08. The van der Waals surface area contributed by atoms with Crippen LogP contribution in [0.3, 0.4) is 0 Å². The lowest BCUT2D eigenvalue weighted by atomic mass is 10.2. The Kier molecular flexibility index (Phi) is 5.30. The van der Waals surface area contributed by atoms with Crippen molar-refractivity contribution < 1.29 is 0 Å². The summed E-state index contributed by atoms with van der Waals surface area (Å²) >= 11 is 3.31. The highest BCUT2D eigenvalue weighted by atomic mass is 79.9. The lowest BCUT2D eigenvalue weighted by Crippen LogP contribution is -1.99. The lowest BCUT2D eigenvalue weighted by Gasteiger charge is -1.98. The number of rotatable bonds is 3. The molecule has 2 nitrogen and oxygen atoms in total. The minimum Gasteiger partial charge on any atom is -0.401 e. The molecule has 0 aliphatic rings. The van der Waals surface area contributed by atoms with E-state index in [1.807, 2.05) is 0 Å². The van der Waals surface area contributed by atoms with Gasteiger partial charge in [0.2, 0.25) is 0 Å². The fourth-order valence-electron chi connectivity index (χ4n) is 0.585. The van der Waals surface area contributed by atoms with Gasteiger partial charge < -0.3 is 5.73 Å². The number of nitrogens with two attached hydrogens (primary N) is 1. The number of aliphatic imine (C=N–C) groups is 1. The Hall–Kier alpha value is -0.310. The molecule has 58 valence electrons. The second-order valence-electron chi connectivity index (χ2n) is 2.01. The Morgan fingerprint density at radius 1 is 1.70 bits per heavy atom. The summed E-state index contributed by atoms with van der Waals surface area (Å²) in [5.41, 5.74) is 6.52. The van der Waals surface area contributed by atoms with Crippen molar-refractivity contribution in [3.05, 3.63) is 10.2 Å². The van der Waals surface area contributed by atoms with Crippen LogP contribution in [0, 0.1) is 0 Å². The van der Waals surface area contributed by atoms with Gasteiger partial charge in [-0.1, -0.05) is 13.3 Å². The van der Waals surface area contributed by atoms with E-state index in [9.17, 15) is 0 Å². The Bertz CT molecular complexity index is 150. The predicted molar refractivity (Wildman–Crippen MR) is 49.5 cm³/mol. The molecule has 0 bridgehead atoms. The van der Waals surface area contributed by atoms with Gasteiger partial charge >= 0.3 is 0 Å². The number of hydrogen-bond acceptors (Lipinski definition) is 2. The smallest absolute Gasteiger partial charge is 0.0540 e. The molecule has 0 rings (SSSR count). The molecule has 0 aliphatic heterocycles. The minimum atomic E-state index is 0.869. The molecule has 0 fully saturated rings. The van der Waals surface area contributed by atoms with Gasteiger partial charge in [0, 0.05) is 19.0 Å². The Morgan fingerprint density at radius 2 is 2.30 bits per heavy atom. The van der Waals surface area contributed by atoms with Crippen LogP contribution in [0.1, 0.15) is 19.8 Å². The predicted octanol–water partition coefficient (Wildman–Crippen LogP) is 2.05. The van der Waals surface area contributed by atoms with Crippen molar-refractivity contribution in [3.63, 3.8) is 0 Å². The van der Waals surface area contributed by atoms with Crippen molar-refractivity contribution in [2.75, 3.05) is 7.05 Å². The van der Waals surface area contributed by atoms with Gasteiger partial charge in [0.25, 0.3) is 0 Å². The molecular weight excluding hydrogens is 192 g/mol. The number of nitrogens with zero attached hydrogens (tertiary/aromatic N) is 1. The zero-order valence-electron chi connectivity index (χ0n) is 6.39. The van der Waals surface area contributed by atoms with Crippen LogP contribution in [0.4, 0.5) is 0 Å². The van der Waals surface area contributed by atoms with Gasteiger partial charge in [-0.05, 0) is 22.4 Å². The summed E-state index contributed by atoms with van der Waals surface area (Å²) in [6.45, 7) is 2.09. The van der Waals surface area contributed by atoms with E-state index >= 15 is 0 Å². The molecule has 0 saturated carbocycles. The van der Waals surface area contributed by atoms with E-state index in [-0.39, 0.29) is 0 Å². The molecule has 3 heteroatoms. The second-order valence-corrected chi connectivity index (χ2v) is 2.86. The summed E-state index contributed by atoms with van der Waals surface area (Å²) in [5.74, 6) is 0. The quantitative estimate of drug-likeness (QED) is 0.703. The Balaban J connectivity index is 4.04. The first-order chi connectivity index (χ1) is 4.72. The summed E-state index contributed by atoms with van der Waals surface area (Å²) in [6, 6.07) is 0. The molecule has 0 aromatic carbocycles. The third-order valence-electron chi connectivity index (χ3n) is 1.07. The van der Waals surface area contributed by atoms with Crippen LogP contribution in [0.5, 0.6) is 0 Å². The molecule has 0 heterocycles. The van der Waals surface area contributed by atoms with Crippen LogP contribution in [-0.2, 0) is 0 Å². The van der Waals surface area contributed by atoms with Crippen LogP contribution in [-0.4, -0.2) is 13.3 Å². The van der Waals surface area contributed by atoms with E-state index in [0.29, 0.717) is 0 Å². The highest BCUT2D eigenvalue weighted by Crippen LogP contribution is 2.09. The van der Waals surface area contributed by atoms with Crippen molar-refractivity contribution >= 4 is 22.1 Å². The standard InChI is InChI=1S/C7H13BrN2/c1-3-4-7(9)6(8)5-10-2/h5H,3-4,9H2,1-2H3. The van der Waals surface area contributed by atoms with E-state index in [1.165, 1.54) is 0 Å². The summed E-state index contributed by atoms with van der Waals surface area (Å²) in [6.07, 6.45) is 3.70. The lowest BCUT2D eigenvalue weighted by molar-refractivity contribution is 0.893. The molecule has 2 N–H and O–H groups in total. The average molecular weight is 205 g/mol. The molecule has 0 aromatic rings. The highest BCUT2D eigenvalue weighted by molar-refractivity contribution is 9.12. The average Bonchev–Trinajstić information content (AvgIpc) is 1.89. The van der Waals surface area contributed by atoms with E-state index < -0.39 is 0 Å². The van der Waals surface area contributed by atoms with Gasteiger partial charge in [-0.25, -0.2) is 0 Å². The molecule has 0 aliphatic carbocycles. The van der Waals surface area contributed by atoms with Crippen LogP contribution in [0.15, 0.2) is 15.2 Å². The largest absolute Gasteiger partial charge is 0.401 e. The maximum absolute atomic E-state index is 5.66. The summed E-state index contributed by atoms with van der Waals surface area (Å²) < 4.78 is 0.900. The summed E-state index contributed by atoms with van der Waals surface area (Å²) in [7, 11) is 1.72. The number of allylic oxidation sites excluding steroid dienone is 2. The third kappa shape index (κ3) is 3.67. The van der Waals surface area contributed by atoms with Crippen LogP contribution >= 0.6 is 15.9 Å². The monoisotopic (exact) mass is 204 g/mol. The maximum Gasteiger partial charge on any atom is 0.0540 e. The first kappa shape index (κ1) is 9.69. The molecule has 0 atom stereocenters. The normalized spacial score (nSPS) is 13.9. The second kappa shape index (κ2) is 5.47. The number of halogens is 1. The van der Waals surface area contributed by atoms with E-state index in [1.54, 1.807) is 13.3 Å². The van der Waals surface area contributed by atoms with Crippen molar-refractivity contribution in [1.82, 2.24) is 0 Å². The van der Waals surface area contributed by atoms with Crippen molar-refractivity contribution in [3.8, 4) is 0 Å². The molecule has 10 heavy (non-hydrogen) atoms. The SMILES string of the molecule is CCCC(N)=C(Br)C=NC. The highest BCUT2D eigenvalue weighted by Gasteiger charge is 1.93. The summed E-state index contributed by atoms with van der Waals surface area (Å²) in [4.78, 5) is 3.83. The molecule has 0 aromatic heterocycles. The fraction of sp³-hybridized carbons (Fsp3) is 0.571.